The van der Waals surface area contributed by atoms with Gasteiger partial charge in [0.2, 0.25) is 5.91 Å². The average Bonchev–Trinajstić information content (AvgIpc) is 2.89. The van der Waals surface area contributed by atoms with Gasteiger partial charge in [-0.05, 0) is 38.6 Å². The number of amides is 1. The summed E-state index contributed by atoms with van der Waals surface area (Å²) in [7, 11) is 1.96. The van der Waals surface area contributed by atoms with Gasteiger partial charge in [0.1, 0.15) is 0 Å². The van der Waals surface area contributed by atoms with Gasteiger partial charge in [-0.3, -0.25) is 4.79 Å². The fraction of sp³-hybridized carbons (Fsp3) is 0.938. The van der Waals surface area contributed by atoms with Crippen LogP contribution in [0.5, 0.6) is 0 Å². The van der Waals surface area contributed by atoms with Crippen LogP contribution in [0, 0.1) is 17.3 Å². The highest BCUT2D eigenvalue weighted by Gasteiger charge is 2.52. The number of carbonyl (C=O) groups excluding carboxylic acids is 1. The Labute approximate surface area is 123 Å². The van der Waals surface area contributed by atoms with Crippen LogP contribution in [-0.2, 0) is 9.53 Å². The normalized spacial score (nSPS) is 35.6. The summed E-state index contributed by atoms with van der Waals surface area (Å²) in [6.45, 7) is 7.83. The summed E-state index contributed by atoms with van der Waals surface area (Å²) < 4.78 is 5.76. The third kappa shape index (κ3) is 2.60. The van der Waals surface area contributed by atoms with Crippen molar-refractivity contribution in [3.63, 3.8) is 0 Å². The van der Waals surface area contributed by atoms with Gasteiger partial charge >= 0.3 is 0 Å². The molecule has 2 aliphatic carbocycles. The summed E-state index contributed by atoms with van der Waals surface area (Å²) in [4.78, 5) is 14.7. The summed E-state index contributed by atoms with van der Waals surface area (Å²) in [6.07, 6.45) is 4.50. The highest BCUT2D eigenvalue weighted by Crippen LogP contribution is 2.46. The first-order chi connectivity index (χ1) is 9.43. The second-order valence-corrected chi connectivity index (χ2v) is 7.00. The van der Waals surface area contributed by atoms with Crippen molar-refractivity contribution in [2.45, 2.75) is 58.6 Å². The zero-order valence-electron chi connectivity index (χ0n) is 13.4. The number of hydrogen-bond acceptors (Lipinski definition) is 3. The van der Waals surface area contributed by atoms with Crippen molar-refractivity contribution in [3.05, 3.63) is 0 Å². The summed E-state index contributed by atoms with van der Waals surface area (Å²) >= 11 is 0. The molecule has 2 saturated carbocycles. The van der Waals surface area contributed by atoms with Crippen molar-refractivity contribution in [2.24, 2.45) is 23.0 Å². The zero-order chi connectivity index (χ0) is 14.9. The van der Waals surface area contributed by atoms with Crippen LogP contribution in [0.3, 0.4) is 0 Å². The topological polar surface area (TPSA) is 55.6 Å². The molecule has 2 unspecified atom stereocenters. The second kappa shape index (κ2) is 6.02. The number of carbonyl (C=O) groups is 1. The fourth-order valence-electron chi connectivity index (χ4n) is 4.06. The number of nitrogens with two attached hydrogens (primary N) is 1. The molecule has 0 spiro atoms. The Balaban J connectivity index is 1.98. The number of rotatable bonds is 5. The molecule has 0 aliphatic heterocycles. The lowest BCUT2D eigenvalue weighted by Gasteiger charge is -2.55. The van der Waals surface area contributed by atoms with E-state index in [0.717, 1.165) is 32.3 Å². The highest BCUT2D eigenvalue weighted by atomic mass is 16.5. The second-order valence-electron chi connectivity index (χ2n) is 7.00. The molecule has 4 heteroatoms. The Morgan fingerprint density at radius 3 is 2.65 bits per heavy atom. The first-order valence-corrected chi connectivity index (χ1v) is 8.01. The van der Waals surface area contributed by atoms with Gasteiger partial charge in [0.25, 0.3) is 0 Å². The van der Waals surface area contributed by atoms with Crippen molar-refractivity contribution >= 4 is 5.91 Å². The minimum absolute atomic E-state index is 0.0528. The van der Waals surface area contributed by atoms with Gasteiger partial charge < -0.3 is 15.4 Å². The van der Waals surface area contributed by atoms with Gasteiger partial charge in [0, 0.05) is 31.0 Å². The van der Waals surface area contributed by atoms with E-state index in [1.165, 1.54) is 0 Å². The van der Waals surface area contributed by atoms with Crippen LogP contribution in [0.4, 0.5) is 0 Å². The summed E-state index contributed by atoms with van der Waals surface area (Å²) in [5.74, 6) is 0.828. The zero-order valence-corrected chi connectivity index (χ0v) is 13.4. The quantitative estimate of drug-likeness (QED) is 0.839. The Kier molecular flexibility index (Phi) is 4.75. The molecule has 0 bridgehead atoms. The Morgan fingerprint density at radius 2 is 2.10 bits per heavy atom. The van der Waals surface area contributed by atoms with Crippen LogP contribution in [0.1, 0.15) is 46.5 Å². The summed E-state index contributed by atoms with van der Waals surface area (Å²) in [6, 6.07) is 0.297. The summed E-state index contributed by atoms with van der Waals surface area (Å²) in [5, 5.41) is 0. The molecule has 0 aromatic carbocycles. The fourth-order valence-corrected chi connectivity index (χ4v) is 4.06. The molecule has 2 aliphatic rings. The van der Waals surface area contributed by atoms with Crippen LogP contribution >= 0.6 is 0 Å². The number of ether oxygens (including phenoxy) is 1. The first kappa shape index (κ1) is 15.8. The molecule has 2 fully saturated rings. The van der Waals surface area contributed by atoms with Crippen molar-refractivity contribution in [1.29, 1.82) is 0 Å². The lowest BCUT2D eigenvalue weighted by molar-refractivity contribution is -0.167. The van der Waals surface area contributed by atoms with Crippen LogP contribution in [-0.4, -0.2) is 43.2 Å². The predicted molar refractivity (Wildman–Crippen MR) is 80.3 cm³/mol. The van der Waals surface area contributed by atoms with E-state index >= 15 is 0 Å². The van der Waals surface area contributed by atoms with E-state index in [9.17, 15) is 4.79 Å². The molecule has 2 rings (SSSR count). The maximum Gasteiger partial charge on any atom is 0.226 e. The molecule has 0 aromatic heterocycles. The maximum atomic E-state index is 12.7. The Bertz CT molecular complexity index is 356. The van der Waals surface area contributed by atoms with Gasteiger partial charge in [-0.2, -0.15) is 0 Å². The molecule has 4 nitrogen and oxygen atoms in total. The molecule has 4 atom stereocenters. The van der Waals surface area contributed by atoms with Gasteiger partial charge in [-0.15, -0.1) is 0 Å². The molecule has 0 saturated heterocycles. The van der Waals surface area contributed by atoms with E-state index in [1.54, 1.807) is 0 Å². The smallest absolute Gasteiger partial charge is 0.226 e. The lowest BCUT2D eigenvalue weighted by Crippen LogP contribution is -2.63. The van der Waals surface area contributed by atoms with E-state index in [-0.39, 0.29) is 17.4 Å². The van der Waals surface area contributed by atoms with E-state index < -0.39 is 0 Å². The minimum Gasteiger partial charge on any atom is -0.378 e. The predicted octanol–water partition coefficient (Wildman–Crippen LogP) is 2.02. The number of nitrogens with zero attached hydrogens (tertiary/aromatic N) is 1. The Morgan fingerprint density at radius 1 is 1.40 bits per heavy atom. The molecule has 0 aromatic rings. The van der Waals surface area contributed by atoms with Crippen LogP contribution < -0.4 is 5.73 Å². The van der Waals surface area contributed by atoms with E-state index in [1.807, 2.05) is 18.9 Å². The standard InChI is InChI=1S/C16H30N2O2/c1-5-20-14-9-13(16(14,2)3)18(4)15(19)12-8-6-7-11(12)10-17/h11-14H,5-10,17H2,1-4H3/t11-,12-,13?,14?/m1/s1. The van der Waals surface area contributed by atoms with E-state index in [0.29, 0.717) is 24.4 Å². The molecular formula is C16H30N2O2. The molecule has 2 N–H and O–H groups in total. The van der Waals surface area contributed by atoms with Crippen LogP contribution in [0.2, 0.25) is 0 Å². The third-order valence-electron chi connectivity index (χ3n) is 5.59. The van der Waals surface area contributed by atoms with Crippen molar-refractivity contribution in [1.82, 2.24) is 4.90 Å². The van der Waals surface area contributed by atoms with Crippen LogP contribution in [0.25, 0.3) is 0 Å². The van der Waals surface area contributed by atoms with Gasteiger partial charge in [-0.25, -0.2) is 0 Å². The van der Waals surface area contributed by atoms with Crippen molar-refractivity contribution in [2.75, 3.05) is 20.2 Å². The number of hydrogen-bond donors (Lipinski definition) is 1. The molecule has 1 amide bonds. The van der Waals surface area contributed by atoms with Gasteiger partial charge in [0.15, 0.2) is 0 Å². The van der Waals surface area contributed by atoms with Crippen molar-refractivity contribution in [3.8, 4) is 0 Å². The molecule has 20 heavy (non-hydrogen) atoms. The minimum atomic E-state index is 0.0528. The first-order valence-electron chi connectivity index (χ1n) is 8.01. The SMILES string of the molecule is CCOC1CC(N(C)C(=O)[C@@H]2CCC[C@@H]2CN)C1(C)C. The lowest BCUT2D eigenvalue weighted by atomic mass is 9.63. The van der Waals surface area contributed by atoms with E-state index in [2.05, 4.69) is 13.8 Å². The third-order valence-corrected chi connectivity index (χ3v) is 5.59. The van der Waals surface area contributed by atoms with Crippen molar-refractivity contribution < 1.29 is 9.53 Å². The van der Waals surface area contributed by atoms with Gasteiger partial charge in [0.05, 0.1) is 6.10 Å². The average molecular weight is 282 g/mol. The molecule has 0 radical (unpaired) electrons. The largest absolute Gasteiger partial charge is 0.378 e. The van der Waals surface area contributed by atoms with Gasteiger partial charge in [-0.1, -0.05) is 20.3 Å². The van der Waals surface area contributed by atoms with E-state index in [4.69, 9.17) is 10.5 Å². The monoisotopic (exact) mass is 282 g/mol. The maximum absolute atomic E-state index is 12.7. The Hall–Kier alpha value is -0.610. The highest BCUT2D eigenvalue weighted by molar-refractivity contribution is 5.79. The molecular weight excluding hydrogens is 252 g/mol. The summed E-state index contributed by atoms with van der Waals surface area (Å²) in [5.41, 5.74) is 5.86. The molecule has 116 valence electrons. The molecule has 0 heterocycles. The van der Waals surface area contributed by atoms with Crippen LogP contribution in [0.15, 0.2) is 0 Å².